The van der Waals surface area contributed by atoms with Gasteiger partial charge in [0.15, 0.2) is 0 Å². The quantitative estimate of drug-likeness (QED) is 0.555. The van der Waals surface area contributed by atoms with Gasteiger partial charge in [0, 0.05) is 28.2 Å². The van der Waals surface area contributed by atoms with Crippen molar-refractivity contribution in [1.82, 2.24) is 0 Å². The molecule has 5 heteroatoms. The summed E-state index contributed by atoms with van der Waals surface area (Å²) in [5, 5.41) is 10.6. The molecule has 1 aromatic heterocycles. The summed E-state index contributed by atoms with van der Waals surface area (Å²) in [7, 11) is 0. The van der Waals surface area contributed by atoms with Crippen molar-refractivity contribution in [2.75, 3.05) is 0 Å². The number of hydrogen-bond donors (Lipinski definition) is 1. The summed E-state index contributed by atoms with van der Waals surface area (Å²) in [4.78, 5) is 12.8. The van der Waals surface area contributed by atoms with Crippen LogP contribution >= 0.6 is 23.4 Å². The first kappa shape index (κ1) is 15.0. The summed E-state index contributed by atoms with van der Waals surface area (Å²) < 4.78 is 5.13. The van der Waals surface area contributed by atoms with Crippen LogP contribution in [0.1, 0.15) is 11.1 Å². The van der Waals surface area contributed by atoms with Crippen molar-refractivity contribution in [3.8, 4) is 5.75 Å². The monoisotopic (exact) mass is 332 g/mol. The Morgan fingerprint density at radius 2 is 2.05 bits per heavy atom. The molecule has 0 aliphatic heterocycles. The molecule has 112 valence electrons. The highest BCUT2D eigenvalue weighted by molar-refractivity contribution is 7.98. The van der Waals surface area contributed by atoms with Crippen LogP contribution in [0.2, 0.25) is 5.02 Å². The van der Waals surface area contributed by atoms with Gasteiger partial charge in [-0.2, -0.15) is 0 Å². The first-order chi connectivity index (χ1) is 10.5. The molecule has 0 saturated carbocycles. The Morgan fingerprint density at radius 3 is 2.82 bits per heavy atom. The molecule has 0 radical (unpaired) electrons. The summed E-state index contributed by atoms with van der Waals surface area (Å²) in [6.45, 7) is 2.04. The van der Waals surface area contributed by atoms with Crippen molar-refractivity contribution in [1.29, 1.82) is 0 Å². The molecule has 0 unspecified atom stereocenters. The van der Waals surface area contributed by atoms with Crippen LogP contribution in [0, 0.1) is 6.92 Å². The van der Waals surface area contributed by atoms with Crippen LogP contribution in [0.3, 0.4) is 0 Å². The molecule has 0 aliphatic carbocycles. The maximum atomic E-state index is 11.7. The Kier molecular flexibility index (Phi) is 4.14. The Labute approximate surface area is 136 Å². The molecule has 0 amide bonds. The van der Waals surface area contributed by atoms with Crippen LogP contribution in [-0.4, -0.2) is 5.11 Å². The number of hydrogen-bond acceptors (Lipinski definition) is 4. The van der Waals surface area contributed by atoms with Gasteiger partial charge in [0.25, 0.3) is 0 Å². The molecule has 0 atom stereocenters. The third-order valence-corrected chi connectivity index (χ3v) is 4.63. The number of thioether (sulfide) groups is 1. The molecular weight excluding hydrogens is 320 g/mol. The predicted octanol–water partition coefficient (Wildman–Crippen LogP) is 4.75. The average molecular weight is 333 g/mol. The number of phenolic OH excluding ortho intramolecular Hbond substituents is 1. The molecule has 0 saturated heterocycles. The van der Waals surface area contributed by atoms with Gasteiger partial charge in [0.05, 0.1) is 5.02 Å². The fourth-order valence-corrected chi connectivity index (χ4v) is 3.39. The predicted molar refractivity (Wildman–Crippen MR) is 89.9 cm³/mol. The summed E-state index contributed by atoms with van der Waals surface area (Å²) in [6.07, 6.45) is 0. The van der Waals surface area contributed by atoms with E-state index < -0.39 is 5.63 Å². The van der Waals surface area contributed by atoms with Gasteiger partial charge in [0.1, 0.15) is 11.3 Å². The second-order valence-electron chi connectivity index (χ2n) is 5.00. The largest absolute Gasteiger partial charge is 0.506 e. The number of aromatic hydroxyl groups is 1. The first-order valence-corrected chi connectivity index (χ1v) is 8.04. The van der Waals surface area contributed by atoms with Crippen molar-refractivity contribution in [2.45, 2.75) is 17.6 Å². The second kappa shape index (κ2) is 6.07. The molecule has 2 aromatic carbocycles. The molecule has 1 N–H and O–H groups in total. The van der Waals surface area contributed by atoms with Gasteiger partial charge >= 0.3 is 5.63 Å². The average Bonchev–Trinajstić information content (AvgIpc) is 2.47. The van der Waals surface area contributed by atoms with Gasteiger partial charge in [-0.15, -0.1) is 11.8 Å². The number of fused-ring (bicyclic) bond motifs is 1. The summed E-state index contributed by atoms with van der Waals surface area (Å²) in [5.41, 5.74) is 1.93. The molecule has 0 aliphatic rings. The lowest BCUT2D eigenvalue weighted by atomic mass is 10.1. The van der Waals surface area contributed by atoms with Gasteiger partial charge in [-0.05, 0) is 30.7 Å². The van der Waals surface area contributed by atoms with Crippen molar-refractivity contribution in [2.24, 2.45) is 0 Å². The normalized spacial score (nSPS) is 11.0. The first-order valence-electron chi connectivity index (χ1n) is 6.67. The summed E-state index contributed by atoms with van der Waals surface area (Å²) in [6, 6.07) is 12.6. The van der Waals surface area contributed by atoms with E-state index >= 15 is 0 Å². The Morgan fingerprint density at radius 1 is 1.23 bits per heavy atom. The number of aryl methyl sites for hydroxylation is 1. The highest BCUT2D eigenvalue weighted by Crippen LogP contribution is 2.32. The van der Waals surface area contributed by atoms with Crippen molar-refractivity contribution in [3.63, 3.8) is 0 Å². The molecule has 3 nitrogen and oxygen atoms in total. The van der Waals surface area contributed by atoms with E-state index in [1.54, 1.807) is 17.8 Å². The second-order valence-corrected chi connectivity index (χ2v) is 6.45. The molecule has 0 bridgehead atoms. The number of rotatable bonds is 3. The molecule has 3 rings (SSSR count). The van der Waals surface area contributed by atoms with Crippen LogP contribution < -0.4 is 5.63 Å². The molecule has 0 fully saturated rings. The fourth-order valence-electron chi connectivity index (χ4n) is 2.22. The van der Waals surface area contributed by atoms with E-state index in [-0.39, 0.29) is 10.8 Å². The van der Waals surface area contributed by atoms with Gasteiger partial charge in [-0.1, -0.05) is 29.3 Å². The van der Waals surface area contributed by atoms with Crippen molar-refractivity contribution >= 4 is 34.3 Å². The lowest BCUT2D eigenvalue weighted by Crippen LogP contribution is -2.00. The lowest BCUT2D eigenvalue weighted by Gasteiger charge is -2.07. The summed E-state index contributed by atoms with van der Waals surface area (Å²) >= 11 is 7.60. The van der Waals surface area contributed by atoms with Gasteiger partial charge < -0.3 is 9.52 Å². The van der Waals surface area contributed by atoms with E-state index in [9.17, 15) is 9.90 Å². The van der Waals surface area contributed by atoms with Gasteiger partial charge in [0.2, 0.25) is 0 Å². The zero-order chi connectivity index (χ0) is 15.7. The number of halogens is 1. The zero-order valence-corrected chi connectivity index (χ0v) is 13.4. The molecule has 0 spiro atoms. The zero-order valence-electron chi connectivity index (χ0n) is 11.8. The molecule has 3 aromatic rings. The fraction of sp³-hybridized carbons (Fsp3) is 0.118. The van der Waals surface area contributed by atoms with E-state index in [1.807, 2.05) is 25.1 Å². The smallest absolute Gasteiger partial charge is 0.336 e. The highest BCUT2D eigenvalue weighted by atomic mass is 35.5. The van der Waals surface area contributed by atoms with E-state index in [0.717, 1.165) is 15.8 Å². The molecule has 1 heterocycles. The van der Waals surface area contributed by atoms with Crippen molar-refractivity contribution < 1.29 is 9.52 Å². The van der Waals surface area contributed by atoms with Crippen LogP contribution in [0.5, 0.6) is 5.75 Å². The maximum absolute atomic E-state index is 11.7. The SMILES string of the molecule is Cc1cccc(SCc2cc(=O)oc3cc(O)c(Cl)cc23)c1. The standard InChI is InChI=1S/C17H13ClO3S/c1-10-3-2-4-12(5-10)22-9-11-6-17(20)21-16-8-15(19)14(18)7-13(11)16/h2-8,19H,9H2,1H3. The third-order valence-electron chi connectivity index (χ3n) is 3.28. The Bertz CT molecular complexity index is 902. The topological polar surface area (TPSA) is 50.4 Å². The number of phenols is 1. The van der Waals surface area contributed by atoms with Crippen LogP contribution in [-0.2, 0) is 5.75 Å². The summed E-state index contributed by atoms with van der Waals surface area (Å²) in [5.74, 6) is 0.521. The van der Waals surface area contributed by atoms with E-state index in [2.05, 4.69) is 6.07 Å². The van der Waals surface area contributed by atoms with Crippen LogP contribution in [0.15, 0.2) is 56.6 Å². The minimum atomic E-state index is -0.436. The maximum Gasteiger partial charge on any atom is 0.336 e. The van der Waals surface area contributed by atoms with E-state index in [0.29, 0.717) is 11.3 Å². The minimum Gasteiger partial charge on any atom is -0.506 e. The van der Waals surface area contributed by atoms with E-state index in [4.69, 9.17) is 16.0 Å². The third kappa shape index (κ3) is 3.13. The van der Waals surface area contributed by atoms with Gasteiger partial charge in [-0.3, -0.25) is 0 Å². The molecular formula is C17H13ClO3S. The van der Waals surface area contributed by atoms with E-state index in [1.165, 1.54) is 17.7 Å². The van der Waals surface area contributed by atoms with Crippen molar-refractivity contribution in [3.05, 3.63) is 69.0 Å². The van der Waals surface area contributed by atoms with Crippen LogP contribution in [0.4, 0.5) is 0 Å². The highest BCUT2D eigenvalue weighted by Gasteiger charge is 2.10. The minimum absolute atomic E-state index is 0.0965. The Hall–Kier alpha value is -1.91. The van der Waals surface area contributed by atoms with Crippen LogP contribution in [0.25, 0.3) is 11.0 Å². The van der Waals surface area contributed by atoms with Gasteiger partial charge in [-0.25, -0.2) is 4.79 Å². The molecule has 22 heavy (non-hydrogen) atoms. The lowest BCUT2D eigenvalue weighted by molar-refractivity contribution is 0.473. The number of benzene rings is 2. The Balaban J connectivity index is 1.99.